The van der Waals surface area contributed by atoms with Crippen molar-refractivity contribution in [3.05, 3.63) is 75.5 Å². The second-order valence-corrected chi connectivity index (χ2v) is 14.3. The van der Waals surface area contributed by atoms with E-state index in [1.54, 1.807) is 6.92 Å². The quantitative estimate of drug-likeness (QED) is 0.145. The van der Waals surface area contributed by atoms with Crippen LogP contribution in [0.2, 0.25) is 0 Å². The molecule has 2 saturated heterocycles. The summed E-state index contributed by atoms with van der Waals surface area (Å²) in [7, 11) is 0. The van der Waals surface area contributed by atoms with Gasteiger partial charge in [-0.25, -0.2) is 4.39 Å². The molecule has 2 aliphatic heterocycles. The molecule has 2 atom stereocenters. The number of aliphatic carboxylic acids is 1. The molecule has 0 saturated carbocycles. The van der Waals surface area contributed by atoms with E-state index < -0.39 is 69.1 Å². The Morgan fingerprint density at radius 2 is 1.78 bits per heavy atom. The van der Waals surface area contributed by atoms with Crippen LogP contribution in [-0.2, 0) is 27.4 Å². The third kappa shape index (κ3) is 8.82. The van der Waals surface area contributed by atoms with Crippen molar-refractivity contribution in [1.29, 1.82) is 5.26 Å². The minimum Gasteiger partial charge on any atom is -0.493 e. The second kappa shape index (κ2) is 16.4. The summed E-state index contributed by atoms with van der Waals surface area (Å²) in [6, 6.07) is 7.04. The van der Waals surface area contributed by atoms with Gasteiger partial charge in [0.25, 0.3) is 11.8 Å². The molecule has 0 radical (unpaired) electrons. The van der Waals surface area contributed by atoms with Crippen LogP contribution >= 0.6 is 11.3 Å². The van der Waals surface area contributed by atoms with Crippen molar-refractivity contribution in [3.8, 4) is 17.6 Å². The number of hydrogen-bond acceptors (Lipinski definition) is 8. The van der Waals surface area contributed by atoms with Crippen molar-refractivity contribution in [2.75, 3.05) is 26.2 Å². The highest BCUT2D eigenvalue weighted by Crippen LogP contribution is 2.45. The van der Waals surface area contributed by atoms with Crippen LogP contribution in [0.15, 0.2) is 48.0 Å². The normalized spacial score (nSPS) is 20.1. The van der Waals surface area contributed by atoms with E-state index >= 15 is 0 Å². The summed E-state index contributed by atoms with van der Waals surface area (Å²) in [6.07, 6.45) is -8.57. The van der Waals surface area contributed by atoms with E-state index in [2.05, 4.69) is 11.1 Å². The number of alkyl halides is 6. The number of ether oxygens (including phenoxy) is 2. The molecule has 2 amide bonds. The highest BCUT2D eigenvalue weighted by molar-refractivity contribution is 7.10. The number of halogens is 7. The van der Waals surface area contributed by atoms with Gasteiger partial charge < -0.3 is 24.4 Å². The van der Waals surface area contributed by atoms with Crippen LogP contribution in [0.5, 0.6) is 11.5 Å². The van der Waals surface area contributed by atoms with Gasteiger partial charge in [-0.3, -0.25) is 19.4 Å². The van der Waals surface area contributed by atoms with E-state index in [0.29, 0.717) is 23.8 Å². The first kappa shape index (κ1) is 41.2. The van der Waals surface area contributed by atoms with E-state index in [1.807, 2.05) is 0 Å². The molecule has 1 N–H and O–H groups in total. The van der Waals surface area contributed by atoms with Crippen molar-refractivity contribution < 1.29 is 59.7 Å². The summed E-state index contributed by atoms with van der Waals surface area (Å²) in [5, 5.41) is 20.5. The lowest BCUT2D eigenvalue weighted by atomic mass is 9.72. The maximum atomic E-state index is 14.9. The predicted molar refractivity (Wildman–Crippen MR) is 183 cm³/mol. The lowest BCUT2D eigenvalue weighted by Gasteiger charge is -2.51. The summed E-state index contributed by atoms with van der Waals surface area (Å²) in [5.41, 5.74) is -5.45. The number of pyridine rings is 1. The molecule has 296 valence electrons. The first-order chi connectivity index (χ1) is 26.0. The fourth-order valence-electron chi connectivity index (χ4n) is 7.28. The zero-order valence-electron chi connectivity index (χ0n) is 29.5. The number of hydrogen-bond donors (Lipinski definition) is 1. The average molecular weight is 799 g/mol. The van der Waals surface area contributed by atoms with Gasteiger partial charge in [0.15, 0.2) is 0 Å². The lowest BCUT2D eigenvalue weighted by molar-refractivity contribution is -0.160. The molecule has 0 spiro atoms. The number of carboxylic acid groups (broad SMARTS) is 1. The van der Waals surface area contributed by atoms with Gasteiger partial charge in [0, 0.05) is 55.7 Å². The summed E-state index contributed by atoms with van der Waals surface area (Å²) >= 11 is 0.327. The van der Waals surface area contributed by atoms with Gasteiger partial charge in [-0.05, 0) is 62.4 Å². The second-order valence-electron chi connectivity index (χ2n) is 13.4. The fourth-order valence-corrected chi connectivity index (χ4v) is 7.96. The van der Waals surface area contributed by atoms with Crippen molar-refractivity contribution >= 4 is 29.1 Å². The van der Waals surface area contributed by atoms with E-state index in [-0.39, 0.29) is 88.2 Å². The number of nitriles is 1. The summed E-state index contributed by atoms with van der Waals surface area (Å²) in [4.78, 5) is 45.1. The molecule has 5 rings (SSSR count). The smallest absolute Gasteiger partial charge is 0.425 e. The number of rotatable bonds is 12. The molecule has 10 nitrogen and oxygen atoms in total. The van der Waals surface area contributed by atoms with E-state index in [9.17, 15) is 50.4 Å². The number of likely N-dealkylation sites (tertiary alicyclic amines) is 2. The Morgan fingerprint density at radius 1 is 1.05 bits per heavy atom. The molecule has 2 fully saturated rings. The number of thiophene rings is 1. The Kier molecular flexibility index (Phi) is 12.3. The number of benzene rings is 1. The molecule has 55 heavy (non-hydrogen) atoms. The first-order valence-corrected chi connectivity index (χ1v) is 18.4. The van der Waals surface area contributed by atoms with Gasteiger partial charge in [0.05, 0.1) is 29.7 Å². The molecule has 1 aromatic carbocycles. The summed E-state index contributed by atoms with van der Waals surface area (Å²) in [6.45, 7) is 1.32. The number of carboxylic acids is 1. The molecule has 2 aliphatic rings. The average Bonchev–Trinajstić information content (AvgIpc) is 3.63. The first-order valence-electron chi connectivity index (χ1n) is 17.5. The third-order valence-corrected chi connectivity index (χ3v) is 10.8. The Hall–Kier alpha value is -4.92. The SMILES string of the molecule is CCCC1N(C(=O)c2ncccc2C(F)(F)F)CCC[C@@]1(Oc1csc(C(F)(F)F)c1)C(=O)N1CCC(C#N)(c2cc(F)ccc2OCCCC(=O)O)CC1. The molecule has 2 aromatic heterocycles. The number of nitrogens with zero attached hydrogens (tertiary/aromatic N) is 4. The van der Waals surface area contributed by atoms with Crippen LogP contribution in [-0.4, -0.2) is 75.6 Å². The van der Waals surface area contributed by atoms with Crippen molar-refractivity contribution in [1.82, 2.24) is 14.8 Å². The van der Waals surface area contributed by atoms with Crippen molar-refractivity contribution in [3.63, 3.8) is 0 Å². The number of carbonyl (C=O) groups is 3. The maximum absolute atomic E-state index is 14.9. The topological polar surface area (TPSA) is 133 Å². The van der Waals surface area contributed by atoms with Crippen molar-refractivity contribution in [2.24, 2.45) is 0 Å². The van der Waals surface area contributed by atoms with Crippen LogP contribution in [0.3, 0.4) is 0 Å². The largest absolute Gasteiger partial charge is 0.493 e. The van der Waals surface area contributed by atoms with Crippen LogP contribution in [0.4, 0.5) is 30.7 Å². The summed E-state index contributed by atoms with van der Waals surface area (Å²) in [5.74, 6) is -3.73. The third-order valence-electron chi connectivity index (χ3n) is 9.89. The molecular formula is C37H37F7N4O6S. The van der Waals surface area contributed by atoms with Crippen LogP contribution in [0, 0.1) is 17.1 Å². The molecule has 0 aliphatic carbocycles. The Balaban J connectivity index is 1.51. The standard InChI is InChI=1S/C37H37F7N4O6S/c1-2-6-28-35(54-24-20-29(55-21-24)37(42,43)44,11-5-15-48(28)32(51)31-25(36(39,40)41)7-3-14-46-31)33(52)47-16-12-34(22-45,13-17-47)26-19-23(38)9-10-27(26)53-18-4-8-30(49)50/h3,7,9-10,14,19-21,28H,2,4-6,8,11-13,15-18H2,1H3,(H,49,50)/t28?,35-/m0/s1. The van der Waals surface area contributed by atoms with Gasteiger partial charge in [0.2, 0.25) is 5.60 Å². The van der Waals surface area contributed by atoms with E-state index in [4.69, 9.17) is 14.6 Å². The van der Waals surface area contributed by atoms with Crippen molar-refractivity contribution in [2.45, 2.75) is 87.7 Å². The molecule has 4 heterocycles. The predicted octanol–water partition coefficient (Wildman–Crippen LogP) is 7.87. The van der Waals surface area contributed by atoms with Crippen LogP contribution < -0.4 is 9.47 Å². The van der Waals surface area contributed by atoms with Crippen LogP contribution in [0.1, 0.15) is 84.8 Å². The number of piperidine rings is 2. The molecule has 3 aromatic rings. The Bertz CT molecular complexity index is 1920. The molecule has 0 bridgehead atoms. The highest BCUT2D eigenvalue weighted by Gasteiger charge is 2.57. The van der Waals surface area contributed by atoms with Gasteiger partial charge in [-0.15, -0.1) is 11.3 Å². The lowest BCUT2D eigenvalue weighted by Crippen LogP contribution is -2.68. The van der Waals surface area contributed by atoms with Crippen LogP contribution in [0.25, 0.3) is 0 Å². The zero-order chi connectivity index (χ0) is 40.2. The van der Waals surface area contributed by atoms with Gasteiger partial charge in [-0.2, -0.15) is 31.6 Å². The number of amides is 2. The number of carbonyl (C=O) groups excluding carboxylic acids is 2. The minimum absolute atomic E-state index is 0.0176. The number of aromatic nitrogens is 1. The van der Waals surface area contributed by atoms with Gasteiger partial charge in [0.1, 0.15) is 27.9 Å². The highest BCUT2D eigenvalue weighted by atomic mass is 32.1. The summed E-state index contributed by atoms with van der Waals surface area (Å²) < 4.78 is 110. The zero-order valence-corrected chi connectivity index (χ0v) is 30.3. The maximum Gasteiger partial charge on any atom is 0.425 e. The van der Waals surface area contributed by atoms with E-state index in [1.165, 1.54) is 11.0 Å². The monoisotopic (exact) mass is 798 g/mol. The minimum atomic E-state index is -4.95. The Labute approximate surface area is 315 Å². The molecular weight excluding hydrogens is 761 g/mol. The van der Waals surface area contributed by atoms with E-state index in [0.717, 1.165) is 40.7 Å². The van der Waals surface area contributed by atoms with Gasteiger partial charge >= 0.3 is 18.3 Å². The van der Waals surface area contributed by atoms with Gasteiger partial charge in [-0.1, -0.05) is 13.3 Å². The fraction of sp³-hybridized carbons (Fsp3) is 0.486. The molecule has 1 unspecified atom stereocenters. The Morgan fingerprint density at radius 3 is 2.40 bits per heavy atom. The molecule has 18 heteroatoms.